The van der Waals surface area contributed by atoms with Crippen molar-refractivity contribution in [2.24, 2.45) is 0 Å². The van der Waals surface area contributed by atoms with Crippen molar-refractivity contribution in [3.05, 3.63) is 23.9 Å². The molecule has 0 saturated carbocycles. The van der Waals surface area contributed by atoms with Crippen molar-refractivity contribution < 1.29 is 23.9 Å². The van der Waals surface area contributed by atoms with Crippen LogP contribution in [0.4, 0.5) is 5.82 Å². The summed E-state index contributed by atoms with van der Waals surface area (Å²) in [6, 6.07) is 3.50. The van der Waals surface area contributed by atoms with Crippen molar-refractivity contribution in [2.75, 3.05) is 44.2 Å². The number of ether oxygens (including phenoxy) is 2. The quantitative estimate of drug-likeness (QED) is 0.693. The fourth-order valence-electron chi connectivity index (χ4n) is 3.63. The molecule has 0 spiro atoms. The molecule has 0 bridgehead atoms. The van der Waals surface area contributed by atoms with Crippen LogP contribution >= 0.6 is 0 Å². The van der Waals surface area contributed by atoms with E-state index in [1.54, 1.807) is 30.2 Å². The molecule has 0 radical (unpaired) electrons. The first-order valence-corrected chi connectivity index (χ1v) is 10.0. The van der Waals surface area contributed by atoms with Crippen LogP contribution in [0.2, 0.25) is 0 Å². The summed E-state index contributed by atoms with van der Waals surface area (Å²) in [5.74, 6) is -0.255. The molecule has 1 N–H and O–H groups in total. The Hall–Kier alpha value is -2.68. The van der Waals surface area contributed by atoms with Crippen LogP contribution in [0.5, 0.6) is 0 Å². The average molecular weight is 404 g/mol. The molecule has 3 heterocycles. The van der Waals surface area contributed by atoms with Gasteiger partial charge in [-0.05, 0) is 31.9 Å². The summed E-state index contributed by atoms with van der Waals surface area (Å²) in [6.45, 7) is 6.12. The summed E-state index contributed by atoms with van der Waals surface area (Å²) in [5.41, 5.74) is 0.513. The van der Waals surface area contributed by atoms with Gasteiger partial charge in [0.1, 0.15) is 5.82 Å². The van der Waals surface area contributed by atoms with Crippen molar-refractivity contribution in [1.29, 1.82) is 0 Å². The number of hydrogen-bond acceptors (Lipinski definition) is 7. The van der Waals surface area contributed by atoms with Gasteiger partial charge in [0.05, 0.1) is 11.7 Å². The van der Waals surface area contributed by atoms with Crippen LogP contribution in [-0.4, -0.2) is 79.2 Å². The van der Waals surface area contributed by atoms with E-state index >= 15 is 0 Å². The van der Waals surface area contributed by atoms with Crippen LogP contribution in [0.25, 0.3) is 0 Å². The number of carbonyl (C=O) groups is 3. The van der Waals surface area contributed by atoms with Crippen LogP contribution < -0.4 is 10.2 Å². The average Bonchev–Trinajstić information content (AvgIpc) is 3.25. The smallest absolute Gasteiger partial charge is 0.303 e. The largest absolute Gasteiger partial charge is 0.453 e. The molecule has 2 aliphatic rings. The third-order valence-corrected chi connectivity index (χ3v) is 5.13. The molecule has 2 amide bonds. The Morgan fingerprint density at radius 2 is 2.07 bits per heavy atom. The number of carbonyl (C=O) groups excluding carboxylic acids is 3. The molecule has 2 atom stereocenters. The number of hydrogen-bond donors (Lipinski definition) is 1. The molecule has 0 aromatic carbocycles. The maximum Gasteiger partial charge on any atom is 0.303 e. The van der Waals surface area contributed by atoms with Gasteiger partial charge in [0.25, 0.3) is 11.8 Å². The number of piperazine rings is 1. The van der Waals surface area contributed by atoms with E-state index in [-0.39, 0.29) is 17.9 Å². The zero-order valence-corrected chi connectivity index (χ0v) is 16.9. The number of nitrogens with one attached hydrogen (secondary N) is 1. The monoisotopic (exact) mass is 404 g/mol. The molecule has 2 aliphatic heterocycles. The zero-order chi connectivity index (χ0) is 20.8. The lowest BCUT2D eigenvalue weighted by Gasteiger charge is -2.36. The molecule has 158 valence electrons. The third kappa shape index (κ3) is 5.44. The highest BCUT2D eigenvalue weighted by molar-refractivity contribution is 5.99. The molecule has 9 heteroatoms. The van der Waals surface area contributed by atoms with Crippen molar-refractivity contribution >= 4 is 23.6 Å². The molecule has 29 heavy (non-hydrogen) atoms. The number of rotatable bonds is 6. The normalized spacial score (nSPS) is 20.3. The van der Waals surface area contributed by atoms with Gasteiger partial charge in [-0.25, -0.2) is 4.98 Å². The maximum absolute atomic E-state index is 12.7. The lowest BCUT2D eigenvalue weighted by Crippen LogP contribution is -2.52. The van der Waals surface area contributed by atoms with E-state index in [1.165, 1.54) is 6.92 Å². The minimum atomic E-state index is -0.798. The molecule has 2 saturated heterocycles. The topological polar surface area (TPSA) is 101 Å². The van der Waals surface area contributed by atoms with Gasteiger partial charge in [-0.3, -0.25) is 14.4 Å². The lowest BCUT2D eigenvalue weighted by atomic mass is 10.2. The SMILES string of the molecule is CC(=O)O[C@@H](C)C(=O)N1CCN(c2ncccc2C(=O)NCC2CCCO2)CC1. The van der Waals surface area contributed by atoms with Crippen molar-refractivity contribution in [3.8, 4) is 0 Å². The number of pyridine rings is 1. The van der Waals surface area contributed by atoms with Gasteiger partial charge in [0.15, 0.2) is 6.10 Å². The van der Waals surface area contributed by atoms with E-state index < -0.39 is 12.1 Å². The van der Waals surface area contributed by atoms with Crippen LogP contribution in [0.15, 0.2) is 18.3 Å². The third-order valence-electron chi connectivity index (χ3n) is 5.13. The molecule has 2 fully saturated rings. The first-order chi connectivity index (χ1) is 14.0. The van der Waals surface area contributed by atoms with E-state index in [4.69, 9.17) is 9.47 Å². The summed E-state index contributed by atoms with van der Waals surface area (Å²) in [4.78, 5) is 44.2. The van der Waals surface area contributed by atoms with Gasteiger partial charge >= 0.3 is 5.97 Å². The number of nitrogens with zero attached hydrogens (tertiary/aromatic N) is 3. The number of amides is 2. The summed E-state index contributed by atoms with van der Waals surface area (Å²) in [5, 5.41) is 2.94. The first-order valence-electron chi connectivity index (χ1n) is 10.0. The molecule has 9 nitrogen and oxygen atoms in total. The van der Waals surface area contributed by atoms with Crippen LogP contribution in [0.1, 0.15) is 37.0 Å². The summed E-state index contributed by atoms with van der Waals surface area (Å²) in [6.07, 6.45) is 2.92. The summed E-state index contributed by atoms with van der Waals surface area (Å²) in [7, 11) is 0. The number of aromatic nitrogens is 1. The molecule has 1 aromatic heterocycles. The van der Waals surface area contributed by atoms with E-state index in [2.05, 4.69) is 10.3 Å². The van der Waals surface area contributed by atoms with Gasteiger partial charge in [-0.15, -0.1) is 0 Å². The Labute approximate surface area is 170 Å². The van der Waals surface area contributed by atoms with E-state index in [1.807, 2.05) is 4.90 Å². The second-order valence-electron chi connectivity index (χ2n) is 7.28. The predicted molar refractivity (Wildman–Crippen MR) is 106 cm³/mol. The fraction of sp³-hybridized carbons (Fsp3) is 0.600. The minimum absolute atomic E-state index is 0.0767. The Balaban J connectivity index is 1.58. The van der Waals surface area contributed by atoms with Gasteiger partial charge in [0.2, 0.25) is 0 Å². The van der Waals surface area contributed by atoms with E-state index in [0.717, 1.165) is 19.4 Å². The highest BCUT2D eigenvalue weighted by Crippen LogP contribution is 2.20. The van der Waals surface area contributed by atoms with Crippen molar-refractivity contribution in [1.82, 2.24) is 15.2 Å². The number of anilines is 1. The number of esters is 1. The molecular weight excluding hydrogens is 376 g/mol. The predicted octanol–water partition coefficient (Wildman–Crippen LogP) is 0.591. The zero-order valence-electron chi connectivity index (χ0n) is 16.9. The van der Waals surface area contributed by atoms with Gasteiger partial charge in [-0.1, -0.05) is 0 Å². The standard InChI is InChI=1S/C20H28N4O5/c1-14(29-15(2)25)20(27)24-10-8-23(9-11-24)18-17(6-3-7-21-18)19(26)22-13-16-5-4-12-28-16/h3,6-7,14,16H,4-5,8-13H2,1-2H3,(H,22,26)/t14-,16?/m0/s1. The molecular formula is C20H28N4O5. The highest BCUT2D eigenvalue weighted by Gasteiger charge is 2.28. The molecule has 1 unspecified atom stereocenters. The second-order valence-corrected chi connectivity index (χ2v) is 7.28. The Morgan fingerprint density at radius 3 is 2.72 bits per heavy atom. The van der Waals surface area contributed by atoms with Crippen LogP contribution in [0.3, 0.4) is 0 Å². The van der Waals surface area contributed by atoms with Crippen LogP contribution in [-0.2, 0) is 19.1 Å². The first kappa shape index (κ1) is 21.0. The lowest BCUT2D eigenvalue weighted by molar-refractivity contribution is -0.157. The summed E-state index contributed by atoms with van der Waals surface area (Å²) < 4.78 is 10.5. The fourth-order valence-corrected chi connectivity index (χ4v) is 3.63. The molecule has 0 aliphatic carbocycles. The van der Waals surface area contributed by atoms with Gasteiger partial charge < -0.3 is 24.6 Å². The molecule has 3 rings (SSSR count). The maximum atomic E-state index is 12.7. The second kappa shape index (κ2) is 9.69. The minimum Gasteiger partial charge on any atom is -0.453 e. The molecule has 1 aromatic rings. The Morgan fingerprint density at radius 1 is 1.31 bits per heavy atom. The van der Waals surface area contributed by atoms with E-state index in [0.29, 0.717) is 44.1 Å². The van der Waals surface area contributed by atoms with Crippen molar-refractivity contribution in [3.63, 3.8) is 0 Å². The summed E-state index contributed by atoms with van der Waals surface area (Å²) >= 11 is 0. The van der Waals surface area contributed by atoms with Gasteiger partial charge in [0, 0.05) is 52.5 Å². The highest BCUT2D eigenvalue weighted by atomic mass is 16.5. The Kier molecular flexibility index (Phi) is 7.03. The van der Waals surface area contributed by atoms with Gasteiger partial charge in [-0.2, -0.15) is 0 Å². The van der Waals surface area contributed by atoms with E-state index in [9.17, 15) is 14.4 Å². The van der Waals surface area contributed by atoms with Crippen molar-refractivity contribution in [2.45, 2.75) is 38.9 Å². The Bertz CT molecular complexity index is 742. The van der Waals surface area contributed by atoms with Crippen LogP contribution in [0, 0.1) is 0 Å².